The zero-order valence-corrected chi connectivity index (χ0v) is 8.65. The number of benzene rings is 1. The fourth-order valence-electron chi connectivity index (χ4n) is 0.922. The number of carboxylic acid groups (broad SMARTS) is 1. The van der Waals surface area contributed by atoms with Crippen molar-refractivity contribution in [3.63, 3.8) is 0 Å². The Morgan fingerprint density at radius 2 is 1.93 bits per heavy atom. The molecule has 0 radical (unpaired) electrons. The molecule has 78 valence electrons. The minimum absolute atomic E-state index is 0.249. The minimum atomic E-state index is -0.945. The summed E-state index contributed by atoms with van der Waals surface area (Å²) in [6, 6.07) is 6.66. The quantitative estimate of drug-likeness (QED) is 0.566. The first kappa shape index (κ1) is 12.6. The number of quaternary nitrogens is 1. The van der Waals surface area contributed by atoms with Crippen molar-refractivity contribution in [2.75, 3.05) is 7.11 Å². The zero-order valence-electron chi connectivity index (χ0n) is 8.65. The highest BCUT2D eigenvalue weighted by molar-refractivity contribution is 5.91. The number of carbonyl (C=O) groups is 1. The molecule has 0 aromatic heterocycles. The molecule has 0 aliphatic carbocycles. The van der Waals surface area contributed by atoms with Crippen LogP contribution in [-0.2, 0) is 4.84 Å². The van der Waals surface area contributed by atoms with Gasteiger partial charge in [0.2, 0.25) is 0 Å². The van der Waals surface area contributed by atoms with Gasteiger partial charge in [0.1, 0.15) is 5.56 Å². The predicted octanol–water partition coefficient (Wildman–Crippen LogP) is 1.17. The van der Waals surface area contributed by atoms with Gasteiger partial charge in [0, 0.05) is 6.07 Å². The standard InChI is InChI=1S/C8H9NO3.C2H6/c1-12-9-7-5-3-2-4-6(7)8(10)11;1-2/h2-5,9H,1H3,(H,10,11);1-2H3/p+1. The summed E-state index contributed by atoms with van der Waals surface area (Å²) < 4.78 is 0. The van der Waals surface area contributed by atoms with Gasteiger partial charge in [0.25, 0.3) is 0 Å². The van der Waals surface area contributed by atoms with Crippen LogP contribution in [0.15, 0.2) is 24.3 Å². The minimum Gasteiger partial charge on any atom is -0.477 e. The molecule has 0 heterocycles. The fraction of sp³-hybridized carbons (Fsp3) is 0.300. The first-order valence-corrected chi connectivity index (χ1v) is 4.44. The summed E-state index contributed by atoms with van der Waals surface area (Å²) >= 11 is 0. The molecule has 0 amide bonds. The molecule has 0 unspecified atom stereocenters. The van der Waals surface area contributed by atoms with Crippen molar-refractivity contribution in [1.82, 2.24) is 0 Å². The molecule has 0 saturated carbocycles. The van der Waals surface area contributed by atoms with Gasteiger partial charge in [-0.15, -0.1) is 0 Å². The van der Waals surface area contributed by atoms with Crippen LogP contribution in [0.3, 0.4) is 0 Å². The van der Waals surface area contributed by atoms with Gasteiger partial charge in [0.15, 0.2) is 5.69 Å². The van der Waals surface area contributed by atoms with Crippen molar-refractivity contribution in [3.05, 3.63) is 29.8 Å². The number of aromatic carboxylic acids is 1. The Bertz CT molecular complexity index is 286. The van der Waals surface area contributed by atoms with Crippen molar-refractivity contribution < 1.29 is 20.2 Å². The van der Waals surface area contributed by atoms with E-state index in [1.54, 1.807) is 18.2 Å². The van der Waals surface area contributed by atoms with E-state index in [9.17, 15) is 4.79 Å². The topological polar surface area (TPSA) is 63.1 Å². The Kier molecular flexibility index (Phi) is 6.36. The number of carboxylic acids is 1. The van der Waals surface area contributed by atoms with Crippen molar-refractivity contribution in [2.24, 2.45) is 0 Å². The molecule has 0 saturated heterocycles. The Hall–Kier alpha value is -1.39. The van der Waals surface area contributed by atoms with E-state index >= 15 is 0 Å². The molecule has 1 aromatic rings. The zero-order chi connectivity index (χ0) is 11.0. The lowest BCUT2D eigenvalue weighted by Crippen LogP contribution is -2.76. The van der Waals surface area contributed by atoms with Crippen molar-refractivity contribution >= 4 is 11.7 Å². The van der Waals surface area contributed by atoms with Gasteiger partial charge in [-0.3, -0.25) is 0 Å². The largest absolute Gasteiger partial charge is 0.477 e. The summed E-state index contributed by atoms with van der Waals surface area (Å²) in [5.41, 5.74) is 2.23. The maximum Gasteiger partial charge on any atom is 0.341 e. The molecule has 0 aliphatic rings. The van der Waals surface area contributed by atoms with Crippen molar-refractivity contribution in [2.45, 2.75) is 13.8 Å². The molecule has 0 fully saturated rings. The summed E-state index contributed by atoms with van der Waals surface area (Å²) in [4.78, 5) is 15.4. The number of hydrogen-bond acceptors (Lipinski definition) is 2. The van der Waals surface area contributed by atoms with E-state index in [0.717, 1.165) is 0 Å². The maximum absolute atomic E-state index is 10.6. The Morgan fingerprint density at radius 1 is 1.36 bits per heavy atom. The first-order chi connectivity index (χ1) is 6.75. The van der Waals surface area contributed by atoms with Gasteiger partial charge < -0.3 is 5.11 Å². The van der Waals surface area contributed by atoms with E-state index < -0.39 is 5.97 Å². The van der Waals surface area contributed by atoms with Crippen LogP contribution >= 0.6 is 0 Å². The lowest BCUT2D eigenvalue weighted by atomic mass is 10.2. The van der Waals surface area contributed by atoms with E-state index in [-0.39, 0.29) is 5.56 Å². The van der Waals surface area contributed by atoms with Crippen LogP contribution in [0.25, 0.3) is 0 Å². The molecule has 4 heteroatoms. The van der Waals surface area contributed by atoms with Crippen LogP contribution in [0, 0.1) is 0 Å². The molecule has 0 bridgehead atoms. The second-order valence-electron chi connectivity index (χ2n) is 2.25. The molecular weight excluding hydrogens is 182 g/mol. The molecule has 0 atom stereocenters. The molecule has 1 rings (SSSR count). The van der Waals surface area contributed by atoms with Crippen LogP contribution < -0.4 is 5.48 Å². The third-order valence-corrected chi connectivity index (χ3v) is 1.44. The molecule has 0 spiro atoms. The Labute approximate surface area is 83.5 Å². The fourth-order valence-corrected chi connectivity index (χ4v) is 0.922. The summed E-state index contributed by atoms with van der Waals surface area (Å²) in [6.07, 6.45) is 0. The third-order valence-electron chi connectivity index (χ3n) is 1.44. The summed E-state index contributed by atoms with van der Waals surface area (Å²) in [5, 5.41) is 8.72. The average Bonchev–Trinajstić information content (AvgIpc) is 2.22. The SMILES string of the molecule is CC.CO[NH2+]c1ccccc1C(=O)O. The highest BCUT2D eigenvalue weighted by atomic mass is 16.6. The second-order valence-corrected chi connectivity index (χ2v) is 2.25. The first-order valence-electron chi connectivity index (χ1n) is 4.44. The van der Waals surface area contributed by atoms with Crippen LogP contribution in [0.1, 0.15) is 24.2 Å². The Morgan fingerprint density at radius 3 is 2.43 bits per heavy atom. The molecule has 4 nitrogen and oxygen atoms in total. The van der Waals surface area contributed by atoms with Gasteiger partial charge in [-0.1, -0.05) is 26.0 Å². The van der Waals surface area contributed by atoms with E-state index in [1.165, 1.54) is 18.7 Å². The average molecular weight is 198 g/mol. The number of hydrogen-bond donors (Lipinski definition) is 2. The molecule has 1 aromatic carbocycles. The summed E-state index contributed by atoms with van der Waals surface area (Å²) in [6.45, 7) is 4.00. The lowest BCUT2D eigenvalue weighted by Gasteiger charge is -1.99. The summed E-state index contributed by atoms with van der Waals surface area (Å²) in [7, 11) is 1.48. The lowest BCUT2D eigenvalue weighted by molar-refractivity contribution is -0.830. The smallest absolute Gasteiger partial charge is 0.341 e. The van der Waals surface area contributed by atoms with Crippen LogP contribution in [0.4, 0.5) is 5.69 Å². The number of rotatable bonds is 3. The normalized spacial score (nSPS) is 8.79. The van der Waals surface area contributed by atoms with Crippen molar-refractivity contribution in [1.29, 1.82) is 0 Å². The van der Waals surface area contributed by atoms with Crippen LogP contribution in [0.5, 0.6) is 0 Å². The molecule has 3 N–H and O–H groups in total. The molecular formula is C10H16NO3+. The van der Waals surface area contributed by atoms with Crippen molar-refractivity contribution in [3.8, 4) is 0 Å². The predicted molar refractivity (Wildman–Crippen MR) is 53.3 cm³/mol. The van der Waals surface area contributed by atoms with E-state index in [1.807, 2.05) is 13.8 Å². The maximum atomic E-state index is 10.6. The van der Waals surface area contributed by atoms with Gasteiger partial charge in [0.05, 0.1) is 7.11 Å². The molecule has 14 heavy (non-hydrogen) atoms. The Balaban J connectivity index is 0.000000791. The monoisotopic (exact) mass is 198 g/mol. The van der Waals surface area contributed by atoms with E-state index in [0.29, 0.717) is 5.69 Å². The second kappa shape index (κ2) is 7.06. The number of nitrogens with two attached hydrogens (primary N) is 1. The van der Waals surface area contributed by atoms with Crippen LogP contribution in [0.2, 0.25) is 0 Å². The highest BCUT2D eigenvalue weighted by Gasteiger charge is 2.11. The van der Waals surface area contributed by atoms with E-state index in [4.69, 9.17) is 9.94 Å². The van der Waals surface area contributed by atoms with Gasteiger partial charge >= 0.3 is 5.97 Å². The molecule has 0 aliphatic heterocycles. The van der Waals surface area contributed by atoms with E-state index in [2.05, 4.69) is 0 Å². The summed E-state index contributed by atoms with van der Waals surface area (Å²) in [5.74, 6) is -0.945. The van der Waals surface area contributed by atoms with Gasteiger partial charge in [-0.2, -0.15) is 5.48 Å². The highest BCUT2D eigenvalue weighted by Crippen LogP contribution is 2.08. The van der Waals surface area contributed by atoms with Gasteiger partial charge in [-0.05, 0) is 6.07 Å². The van der Waals surface area contributed by atoms with Gasteiger partial charge in [-0.25, -0.2) is 9.63 Å². The van der Waals surface area contributed by atoms with Crippen LogP contribution in [-0.4, -0.2) is 18.2 Å². The third kappa shape index (κ3) is 3.55.